The largest absolute Gasteiger partial charge is 0.481 e. The van der Waals surface area contributed by atoms with Crippen molar-refractivity contribution in [3.8, 4) is 23.3 Å². The van der Waals surface area contributed by atoms with Crippen molar-refractivity contribution in [1.82, 2.24) is 9.55 Å². The average Bonchev–Trinajstić information content (AvgIpc) is 3.17. The fraction of sp³-hybridized carbons (Fsp3) is 0.160. The van der Waals surface area contributed by atoms with Gasteiger partial charge in [0.05, 0.1) is 22.7 Å². The standard InChI is InChI=1S/C25H21FN4O3/c1-16(24(31)30(3)25-28-21-6-4-5-7-22(21)29(25)2)32-18-9-11-19(12-10-18)33-23-13-8-17(15-27)14-20(23)26/h4-14,16H,1-3H3/t16-/m1/s1. The third-order valence-electron chi connectivity index (χ3n) is 5.17. The SMILES string of the molecule is C[C@@H](Oc1ccc(Oc2ccc(C#N)cc2F)cc1)C(=O)N(C)c1nc2ccccc2n1C. The second-order valence-electron chi connectivity index (χ2n) is 7.45. The van der Waals surface area contributed by atoms with Crippen molar-refractivity contribution in [3.05, 3.63) is 78.1 Å². The number of aryl methyl sites for hydroxylation is 1. The zero-order valence-electron chi connectivity index (χ0n) is 18.3. The molecule has 8 heteroatoms. The number of imidazole rings is 1. The summed E-state index contributed by atoms with van der Waals surface area (Å²) >= 11 is 0. The number of halogens is 1. The van der Waals surface area contributed by atoms with Crippen LogP contribution < -0.4 is 14.4 Å². The number of carbonyl (C=O) groups is 1. The Hall–Kier alpha value is -4.38. The minimum absolute atomic E-state index is 0.00953. The summed E-state index contributed by atoms with van der Waals surface area (Å²) in [5.74, 6) is 0.496. The van der Waals surface area contributed by atoms with Crippen molar-refractivity contribution in [3.63, 3.8) is 0 Å². The monoisotopic (exact) mass is 444 g/mol. The Balaban J connectivity index is 1.42. The molecule has 0 saturated carbocycles. The number of likely N-dealkylation sites (N-methyl/N-ethyl adjacent to an activating group) is 1. The van der Waals surface area contributed by atoms with Crippen LogP contribution in [0.15, 0.2) is 66.7 Å². The topological polar surface area (TPSA) is 80.4 Å². The van der Waals surface area contributed by atoms with Gasteiger partial charge in [-0.05, 0) is 61.5 Å². The van der Waals surface area contributed by atoms with E-state index in [1.807, 2.05) is 41.9 Å². The lowest BCUT2D eigenvalue weighted by Gasteiger charge is -2.21. The van der Waals surface area contributed by atoms with Gasteiger partial charge in [0.1, 0.15) is 11.5 Å². The van der Waals surface area contributed by atoms with E-state index in [9.17, 15) is 9.18 Å². The molecule has 166 valence electrons. The second-order valence-corrected chi connectivity index (χ2v) is 7.45. The van der Waals surface area contributed by atoms with E-state index in [0.29, 0.717) is 17.4 Å². The molecule has 0 fully saturated rings. The number of anilines is 1. The molecule has 4 aromatic rings. The van der Waals surface area contributed by atoms with Gasteiger partial charge < -0.3 is 14.0 Å². The van der Waals surface area contributed by atoms with Crippen molar-refractivity contribution < 1.29 is 18.7 Å². The number of benzene rings is 3. The Bertz CT molecular complexity index is 1360. The summed E-state index contributed by atoms with van der Waals surface area (Å²) in [4.78, 5) is 18.9. The maximum atomic E-state index is 14.0. The fourth-order valence-electron chi connectivity index (χ4n) is 3.42. The molecular formula is C25H21FN4O3. The van der Waals surface area contributed by atoms with Crippen LogP contribution in [0.5, 0.6) is 17.2 Å². The van der Waals surface area contributed by atoms with Crippen LogP contribution in [0.1, 0.15) is 12.5 Å². The first-order valence-corrected chi connectivity index (χ1v) is 10.2. The van der Waals surface area contributed by atoms with Gasteiger partial charge in [-0.25, -0.2) is 9.37 Å². The number of hydrogen-bond acceptors (Lipinski definition) is 5. The van der Waals surface area contributed by atoms with E-state index < -0.39 is 11.9 Å². The molecule has 0 radical (unpaired) electrons. The minimum Gasteiger partial charge on any atom is -0.481 e. The van der Waals surface area contributed by atoms with Gasteiger partial charge in [0.15, 0.2) is 17.7 Å². The maximum Gasteiger partial charge on any atom is 0.269 e. The smallest absolute Gasteiger partial charge is 0.269 e. The van der Waals surface area contributed by atoms with Gasteiger partial charge in [0, 0.05) is 14.1 Å². The molecule has 1 heterocycles. The van der Waals surface area contributed by atoms with Gasteiger partial charge in [0.25, 0.3) is 5.91 Å². The van der Waals surface area contributed by atoms with Crippen LogP contribution in [0.3, 0.4) is 0 Å². The summed E-state index contributed by atoms with van der Waals surface area (Å²) in [5, 5.41) is 8.83. The van der Waals surface area contributed by atoms with Crippen molar-refractivity contribution in [1.29, 1.82) is 5.26 Å². The number of aromatic nitrogens is 2. The highest BCUT2D eigenvalue weighted by Crippen LogP contribution is 2.27. The summed E-state index contributed by atoms with van der Waals surface area (Å²) < 4.78 is 27.2. The molecule has 0 spiro atoms. The average molecular weight is 444 g/mol. The third-order valence-corrected chi connectivity index (χ3v) is 5.17. The predicted molar refractivity (Wildman–Crippen MR) is 122 cm³/mol. The summed E-state index contributed by atoms with van der Waals surface area (Å²) in [6.45, 7) is 1.66. The molecule has 0 aliphatic heterocycles. The number of para-hydroxylation sites is 2. The van der Waals surface area contributed by atoms with Crippen LogP contribution >= 0.6 is 0 Å². The molecule has 7 nitrogen and oxygen atoms in total. The lowest BCUT2D eigenvalue weighted by molar-refractivity contribution is -0.124. The van der Waals surface area contributed by atoms with E-state index in [1.165, 1.54) is 17.0 Å². The van der Waals surface area contributed by atoms with Crippen molar-refractivity contribution >= 4 is 22.9 Å². The minimum atomic E-state index is -0.766. The highest BCUT2D eigenvalue weighted by molar-refractivity contribution is 5.96. The van der Waals surface area contributed by atoms with Crippen LogP contribution in [-0.4, -0.2) is 28.6 Å². The van der Waals surface area contributed by atoms with Gasteiger partial charge in [0.2, 0.25) is 5.95 Å². The van der Waals surface area contributed by atoms with Crippen LogP contribution in [-0.2, 0) is 11.8 Å². The number of amides is 1. The Labute approximate surface area is 190 Å². The molecule has 0 bridgehead atoms. The first-order chi connectivity index (χ1) is 15.9. The van der Waals surface area contributed by atoms with E-state index in [-0.39, 0.29) is 17.2 Å². The fourth-order valence-corrected chi connectivity index (χ4v) is 3.42. The molecule has 1 atom stereocenters. The highest BCUT2D eigenvalue weighted by Gasteiger charge is 2.24. The van der Waals surface area contributed by atoms with Crippen LogP contribution in [0.25, 0.3) is 11.0 Å². The molecule has 1 amide bonds. The van der Waals surface area contributed by atoms with Crippen LogP contribution in [0, 0.1) is 17.1 Å². The number of nitrogens with zero attached hydrogens (tertiary/aromatic N) is 4. The number of fused-ring (bicyclic) bond motifs is 1. The van der Waals surface area contributed by atoms with Crippen molar-refractivity contribution in [2.24, 2.45) is 7.05 Å². The number of hydrogen-bond donors (Lipinski definition) is 0. The van der Waals surface area contributed by atoms with Gasteiger partial charge in [-0.2, -0.15) is 5.26 Å². The van der Waals surface area contributed by atoms with E-state index in [2.05, 4.69) is 4.98 Å². The van der Waals surface area contributed by atoms with Crippen LogP contribution in [0.2, 0.25) is 0 Å². The number of ether oxygens (including phenoxy) is 2. The Morgan fingerprint density at radius 2 is 1.82 bits per heavy atom. The van der Waals surface area contributed by atoms with Crippen molar-refractivity contribution in [2.75, 3.05) is 11.9 Å². The molecular weight excluding hydrogens is 423 g/mol. The van der Waals surface area contributed by atoms with E-state index in [1.54, 1.807) is 38.2 Å². The van der Waals surface area contributed by atoms with E-state index in [4.69, 9.17) is 14.7 Å². The van der Waals surface area contributed by atoms with E-state index in [0.717, 1.165) is 17.1 Å². The van der Waals surface area contributed by atoms with Gasteiger partial charge >= 0.3 is 0 Å². The Kier molecular flexibility index (Phi) is 5.96. The number of rotatable bonds is 6. The summed E-state index contributed by atoms with van der Waals surface area (Å²) in [7, 11) is 3.52. The Morgan fingerprint density at radius 3 is 2.48 bits per heavy atom. The summed E-state index contributed by atoms with van der Waals surface area (Å²) in [6.07, 6.45) is -0.766. The maximum absolute atomic E-state index is 14.0. The molecule has 0 N–H and O–H groups in total. The van der Waals surface area contributed by atoms with Gasteiger partial charge in [-0.1, -0.05) is 12.1 Å². The second kappa shape index (κ2) is 9.01. The third kappa shape index (κ3) is 4.48. The first kappa shape index (κ1) is 21.8. The molecule has 33 heavy (non-hydrogen) atoms. The van der Waals surface area contributed by atoms with Crippen LogP contribution in [0.4, 0.5) is 10.3 Å². The normalized spacial score (nSPS) is 11.6. The molecule has 3 aromatic carbocycles. The highest BCUT2D eigenvalue weighted by atomic mass is 19.1. The molecule has 4 rings (SSSR count). The molecule has 1 aromatic heterocycles. The lowest BCUT2D eigenvalue weighted by Crippen LogP contribution is -2.39. The quantitative estimate of drug-likeness (QED) is 0.427. The molecule has 0 aliphatic carbocycles. The summed E-state index contributed by atoms with van der Waals surface area (Å²) in [6, 6.07) is 20.0. The molecule has 0 aliphatic rings. The lowest BCUT2D eigenvalue weighted by atomic mass is 10.2. The zero-order valence-corrected chi connectivity index (χ0v) is 18.3. The Morgan fingerprint density at radius 1 is 1.12 bits per heavy atom. The van der Waals surface area contributed by atoms with Gasteiger partial charge in [-0.15, -0.1) is 0 Å². The molecule has 0 saturated heterocycles. The van der Waals surface area contributed by atoms with E-state index >= 15 is 0 Å². The first-order valence-electron chi connectivity index (χ1n) is 10.2. The molecule has 0 unspecified atom stereocenters. The summed E-state index contributed by atoms with van der Waals surface area (Å²) in [5.41, 5.74) is 1.94. The number of nitriles is 1. The number of carbonyl (C=O) groups excluding carboxylic acids is 1. The predicted octanol–water partition coefficient (Wildman–Crippen LogP) is 4.81. The zero-order chi connectivity index (χ0) is 23.5. The van der Waals surface area contributed by atoms with Crippen molar-refractivity contribution in [2.45, 2.75) is 13.0 Å². The van der Waals surface area contributed by atoms with Gasteiger partial charge in [-0.3, -0.25) is 9.69 Å².